The second-order valence-corrected chi connectivity index (χ2v) is 6.21. The molecule has 1 unspecified atom stereocenters. The molecule has 102 valence electrons. The molecular weight excluding hydrogens is 370 g/mol. The van der Waals surface area contributed by atoms with Crippen LogP contribution in [0.15, 0.2) is 39.5 Å². The number of aryl methyl sites for hydroxylation is 1. The fraction of sp³-hybridized carbons (Fsp3) is 0.357. The average molecular weight is 387 g/mol. The summed E-state index contributed by atoms with van der Waals surface area (Å²) in [5, 5.41) is 3.37. The maximum Gasteiger partial charge on any atom is 0.110 e. The van der Waals surface area contributed by atoms with E-state index in [1.807, 2.05) is 25.5 Å². The van der Waals surface area contributed by atoms with E-state index in [1.54, 1.807) is 0 Å². The molecule has 1 aromatic heterocycles. The zero-order valence-corrected chi connectivity index (χ0v) is 14.2. The fourth-order valence-electron chi connectivity index (χ4n) is 2.16. The first-order valence-electron chi connectivity index (χ1n) is 6.27. The number of nitrogens with one attached hydrogen (secondary N) is 1. The summed E-state index contributed by atoms with van der Waals surface area (Å²) in [7, 11) is 1.98. The highest BCUT2D eigenvalue weighted by molar-refractivity contribution is 9.11. The van der Waals surface area contributed by atoms with Crippen LogP contribution in [-0.4, -0.2) is 16.6 Å². The molecular formula is C14H17Br2N3. The number of imidazole rings is 1. The molecule has 0 spiro atoms. The number of nitrogens with zero attached hydrogens (tertiary/aromatic N) is 2. The van der Waals surface area contributed by atoms with Crippen molar-refractivity contribution in [3.05, 3.63) is 50.9 Å². The highest BCUT2D eigenvalue weighted by Gasteiger charge is 2.14. The summed E-state index contributed by atoms with van der Waals surface area (Å²) in [6, 6.07) is 6.58. The Morgan fingerprint density at radius 2 is 1.95 bits per heavy atom. The molecule has 3 nitrogen and oxygen atoms in total. The summed E-state index contributed by atoms with van der Waals surface area (Å²) in [6.45, 7) is 3.09. The number of benzene rings is 1. The summed E-state index contributed by atoms with van der Waals surface area (Å²) in [5.74, 6) is 1.11. The molecule has 0 aliphatic heterocycles. The first kappa shape index (κ1) is 14.8. The first-order chi connectivity index (χ1) is 9.13. The van der Waals surface area contributed by atoms with Gasteiger partial charge in [-0.2, -0.15) is 0 Å². The van der Waals surface area contributed by atoms with Crippen molar-refractivity contribution in [3.8, 4) is 0 Å². The Balaban J connectivity index is 2.25. The second kappa shape index (κ2) is 6.68. The third kappa shape index (κ3) is 3.68. The number of likely N-dealkylation sites (N-methyl/N-ethyl adjacent to an activating group) is 1. The molecule has 2 aromatic rings. The normalized spacial score (nSPS) is 12.6. The quantitative estimate of drug-likeness (QED) is 0.843. The first-order valence-corrected chi connectivity index (χ1v) is 7.86. The van der Waals surface area contributed by atoms with E-state index < -0.39 is 0 Å². The Bertz CT molecular complexity index is 531. The van der Waals surface area contributed by atoms with Gasteiger partial charge < -0.3 is 9.88 Å². The highest BCUT2D eigenvalue weighted by Crippen LogP contribution is 2.25. The van der Waals surface area contributed by atoms with Gasteiger partial charge in [0.25, 0.3) is 0 Å². The number of aromatic nitrogens is 2. The van der Waals surface area contributed by atoms with Crippen molar-refractivity contribution < 1.29 is 0 Å². The molecule has 0 radical (unpaired) electrons. The molecule has 2 rings (SSSR count). The third-order valence-corrected chi connectivity index (χ3v) is 4.08. The van der Waals surface area contributed by atoms with Crippen LogP contribution in [0.4, 0.5) is 0 Å². The summed E-state index contributed by atoms with van der Waals surface area (Å²) in [6.07, 6.45) is 4.77. The lowest BCUT2D eigenvalue weighted by Crippen LogP contribution is -2.20. The van der Waals surface area contributed by atoms with Crippen LogP contribution in [0.1, 0.15) is 24.4 Å². The largest absolute Gasteiger partial charge is 0.335 e. The van der Waals surface area contributed by atoms with Crippen LogP contribution < -0.4 is 5.32 Å². The number of hydrogen-bond donors (Lipinski definition) is 1. The summed E-state index contributed by atoms with van der Waals surface area (Å²) < 4.78 is 4.34. The van der Waals surface area contributed by atoms with E-state index in [-0.39, 0.29) is 6.04 Å². The molecule has 0 bridgehead atoms. The molecule has 1 aromatic carbocycles. The Kier molecular flexibility index (Phi) is 5.19. The standard InChI is InChI=1S/C14H17Br2N3/c1-3-19-5-4-18-14(19)9-13(17-2)10-6-11(15)8-12(16)7-10/h4-8,13,17H,3,9H2,1-2H3. The topological polar surface area (TPSA) is 29.9 Å². The van der Waals surface area contributed by atoms with Crippen molar-refractivity contribution in [2.45, 2.75) is 25.9 Å². The number of rotatable bonds is 5. The summed E-state index contributed by atoms with van der Waals surface area (Å²) in [5.41, 5.74) is 1.24. The minimum atomic E-state index is 0.251. The minimum Gasteiger partial charge on any atom is -0.335 e. The van der Waals surface area contributed by atoms with Crippen LogP contribution in [0.25, 0.3) is 0 Å². The Hall–Kier alpha value is -0.650. The van der Waals surface area contributed by atoms with Crippen LogP contribution >= 0.6 is 31.9 Å². The maximum absolute atomic E-state index is 4.44. The van der Waals surface area contributed by atoms with Crippen molar-refractivity contribution in [2.24, 2.45) is 0 Å². The van der Waals surface area contributed by atoms with Gasteiger partial charge in [0.15, 0.2) is 0 Å². The van der Waals surface area contributed by atoms with E-state index in [0.29, 0.717) is 0 Å². The Morgan fingerprint density at radius 1 is 1.26 bits per heavy atom. The van der Waals surface area contributed by atoms with Gasteiger partial charge >= 0.3 is 0 Å². The molecule has 1 N–H and O–H groups in total. The van der Waals surface area contributed by atoms with E-state index >= 15 is 0 Å². The van der Waals surface area contributed by atoms with Gasteiger partial charge in [-0.05, 0) is 37.7 Å². The zero-order chi connectivity index (χ0) is 13.8. The van der Waals surface area contributed by atoms with Gasteiger partial charge in [0.2, 0.25) is 0 Å². The third-order valence-electron chi connectivity index (χ3n) is 3.16. The molecule has 0 fully saturated rings. The van der Waals surface area contributed by atoms with Gasteiger partial charge in [0, 0.05) is 40.3 Å². The SMILES string of the molecule is CCn1ccnc1CC(NC)c1cc(Br)cc(Br)c1. The molecule has 19 heavy (non-hydrogen) atoms. The van der Waals surface area contributed by atoms with Gasteiger partial charge in [-0.3, -0.25) is 0 Å². The lowest BCUT2D eigenvalue weighted by molar-refractivity contribution is 0.552. The van der Waals surface area contributed by atoms with E-state index in [4.69, 9.17) is 0 Å². The van der Waals surface area contributed by atoms with Crippen LogP contribution in [0, 0.1) is 0 Å². The molecule has 0 aliphatic rings. The van der Waals surface area contributed by atoms with Crippen molar-refractivity contribution in [3.63, 3.8) is 0 Å². The summed E-state index contributed by atoms with van der Waals surface area (Å²) in [4.78, 5) is 4.44. The molecule has 5 heteroatoms. The van der Waals surface area contributed by atoms with Crippen LogP contribution in [-0.2, 0) is 13.0 Å². The van der Waals surface area contributed by atoms with Gasteiger partial charge in [0.1, 0.15) is 5.82 Å². The highest BCUT2D eigenvalue weighted by atomic mass is 79.9. The van der Waals surface area contributed by atoms with Gasteiger partial charge in [0.05, 0.1) is 0 Å². The van der Waals surface area contributed by atoms with Crippen molar-refractivity contribution >= 4 is 31.9 Å². The Labute approximate surface area is 130 Å². The fourth-order valence-corrected chi connectivity index (χ4v) is 3.49. The van der Waals surface area contributed by atoms with E-state index in [2.05, 4.69) is 65.8 Å². The molecule has 0 saturated carbocycles. The average Bonchev–Trinajstić information content (AvgIpc) is 2.81. The predicted octanol–water partition coefficient (Wildman–Crippen LogP) is 3.93. The molecule has 1 atom stereocenters. The maximum atomic E-state index is 4.44. The minimum absolute atomic E-state index is 0.251. The van der Waals surface area contributed by atoms with E-state index in [0.717, 1.165) is 27.7 Å². The number of halogens is 2. The van der Waals surface area contributed by atoms with Crippen molar-refractivity contribution in [2.75, 3.05) is 7.05 Å². The van der Waals surface area contributed by atoms with Crippen LogP contribution in [0.3, 0.4) is 0 Å². The van der Waals surface area contributed by atoms with Gasteiger partial charge in [-0.1, -0.05) is 31.9 Å². The second-order valence-electron chi connectivity index (χ2n) is 4.38. The van der Waals surface area contributed by atoms with E-state index in [9.17, 15) is 0 Å². The van der Waals surface area contributed by atoms with Crippen molar-refractivity contribution in [1.29, 1.82) is 0 Å². The lowest BCUT2D eigenvalue weighted by Gasteiger charge is -2.17. The van der Waals surface area contributed by atoms with Gasteiger partial charge in [-0.15, -0.1) is 0 Å². The number of hydrogen-bond acceptors (Lipinski definition) is 2. The molecule has 1 heterocycles. The predicted molar refractivity (Wildman–Crippen MR) is 85.2 cm³/mol. The molecule has 0 amide bonds. The lowest BCUT2D eigenvalue weighted by atomic mass is 10.0. The zero-order valence-electron chi connectivity index (χ0n) is 11.0. The smallest absolute Gasteiger partial charge is 0.110 e. The van der Waals surface area contributed by atoms with Crippen LogP contribution in [0.2, 0.25) is 0 Å². The summed E-state index contributed by atoms with van der Waals surface area (Å²) >= 11 is 7.08. The monoisotopic (exact) mass is 385 g/mol. The Morgan fingerprint density at radius 3 is 2.53 bits per heavy atom. The van der Waals surface area contributed by atoms with Crippen LogP contribution in [0.5, 0.6) is 0 Å². The molecule has 0 saturated heterocycles. The van der Waals surface area contributed by atoms with E-state index in [1.165, 1.54) is 5.56 Å². The van der Waals surface area contributed by atoms with Gasteiger partial charge in [-0.25, -0.2) is 4.98 Å². The molecule has 0 aliphatic carbocycles. The van der Waals surface area contributed by atoms with Crippen molar-refractivity contribution in [1.82, 2.24) is 14.9 Å².